The molecule has 0 atom stereocenters. The van der Waals surface area contributed by atoms with Crippen LogP contribution in [0, 0.1) is 10.1 Å². The Morgan fingerprint density at radius 2 is 1.71 bits per heavy atom. The van der Waals surface area contributed by atoms with E-state index in [1.165, 1.54) is 23.0 Å². The summed E-state index contributed by atoms with van der Waals surface area (Å²) >= 11 is 0. The molecule has 3 aromatic rings. The lowest BCUT2D eigenvalue weighted by Crippen LogP contribution is -2.36. The number of fused-ring (bicyclic) bond motifs is 1. The number of nitrogens with zero attached hydrogens (tertiary/aromatic N) is 2. The first-order chi connectivity index (χ1) is 11.2. The number of rotatable bonds is 4. The fourth-order valence-electron chi connectivity index (χ4n) is 2.67. The average Bonchev–Trinajstić information content (AvgIpc) is 2.59. The van der Waals surface area contributed by atoms with E-state index < -0.39 is 0 Å². The molecule has 5 heteroatoms. The van der Waals surface area contributed by atoms with Crippen molar-refractivity contribution in [3.63, 3.8) is 0 Å². The van der Waals surface area contributed by atoms with Crippen LogP contribution in [0.25, 0.3) is 23.1 Å². The topological polar surface area (TPSA) is 47.0 Å². The van der Waals surface area contributed by atoms with Crippen molar-refractivity contribution in [2.45, 2.75) is 13.5 Å². The molecule has 1 heterocycles. The molecular weight excluding hydrogens is 415 g/mol. The van der Waals surface area contributed by atoms with Crippen molar-refractivity contribution in [1.29, 1.82) is 0 Å². The zero-order valence-electron chi connectivity index (χ0n) is 13.3. The number of para-hydroxylation sites is 1. The molecule has 0 N–H and O–H groups in total. The molecule has 122 valence electrons. The van der Waals surface area contributed by atoms with Crippen molar-refractivity contribution >= 4 is 52.7 Å². The van der Waals surface area contributed by atoms with Gasteiger partial charge in [-0.2, -0.15) is 4.57 Å². The molecule has 4 nitrogen and oxygen atoms in total. The second-order valence-corrected chi connectivity index (χ2v) is 5.24. The molecule has 0 spiro atoms. The Balaban J connectivity index is 0.00000208. The number of pyridine rings is 1. The molecule has 0 amide bonds. The van der Waals surface area contributed by atoms with Crippen LogP contribution < -0.4 is 4.57 Å². The van der Waals surface area contributed by atoms with Gasteiger partial charge >= 0.3 is 0 Å². The minimum Gasteiger partial charge on any atom is -0.258 e. The SMILES string of the molecule is CC[n+]1c(/C=C\c2ccc([N+](=O)[O-])cc2)ccc2ccccc21.I. The third kappa shape index (κ3) is 3.79. The predicted octanol–water partition coefficient (Wildman–Crippen LogP) is 4.84. The lowest BCUT2D eigenvalue weighted by atomic mass is 10.1. The summed E-state index contributed by atoms with van der Waals surface area (Å²) in [7, 11) is 0. The molecule has 3 rings (SSSR count). The third-order valence-corrected chi connectivity index (χ3v) is 3.84. The van der Waals surface area contributed by atoms with E-state index in [-0.39, 0.29) is 34.6 Å². The van der Waals surface area contributed by atoms with Crippen LogP contribution in [-0.4, -0.2) is 4.92 Å². The van der Waals surface area contributed by atoms with Crippen molar-refractivity contribution < 1.29 is 9.49 Å². The van der Waals surface area contributed by atoms with Gasteiger partial charge in [-0.15, -0.1) is 24.0 Å². The Labute approximate surface area is 157 Å². The number of halogens is 1. The highest BCUT2D eigenvalue weighted by molar-refractivity contribution is 14.0. The molecule has 0 fully saturated rings. The van der Waals surface area contributed by atoms with Crippen LogP contribution in [-0.2, 0) is 6.54 Å². The smallest absolute Gasteiger partial charge is 0.258 e. The first-order valence-electron chi connectivity index (χ1n) is 7.53. The lowest BCUT2D eigenvalue weighted by Gasteiger charge is -2.02. The van der Waals surface area contributed by atoms with Gasteiger partial charge in [0.15, 0.2) is 0 Å². The summed E-state index contributed by atoms with van der Waals surface area (Å²) in [5.41, 5.74) is 3.34. The number of nitro groups is 1. The van der Waals surface area contributed by atoms with E-state index in [0.717, 1.165) is 17.8 Å². The Bertz CT molecular complexity index is 890. The fraction of sp³-hybridized carbons (Fsp3) is 0.105. The number of hydrogen-bond acceptors (Lipinski definition) is 2. The first-order valence-corrected chi connectivity index (χ1v) is 7.53. The molecule has 0 saturated heterocycles. The second-order valence-electron chi connectivity index (χ2n) is 5.24. The standard InChI is InChI=1S/C19H17N2O2.HI/c1-2-20-17(14-10-16-5-3-4-6-19(16)20)11-7-15-8-12-18(13-9-15)21(22)23;/h3-14H,2H2,1H3;1H/q+1;/b11-7-;. The molecule has 2 aromatic carbocycles. The number of nitro benzene ring substituents is 1. The third-order valence-electron chi connectivity index (χ3n) is 3.84. The largest absolute Gasteiger partial charge is 0.269 e. The summed E-state index contributed by atoms with van der Waals surface area (Å²) in [6, 6.07) is 19.0. The minimum absolute atomic E-state index is 0. The van der Waals surface area contributed by atoms with Gasteiger partial charge in [0.1, 0.15) is 6.54 Å². The zero-order valence-corrected chi connectivity index (χ0v) is 15.6. The summed E-state index contributed by atoms with van der Waals surface area (Å²) in [5, 5.41) is 11.9. The molecule has 0 aliphatic heterocycles. The molecule has 1 aromatic heterocycles. The molecule has 0 aliphatic rings. The van der Waals surface area contributed by atoms with E-state index in [1.807, 2.05) is 24.3 Å². The lowest BCUT2D eigenvalue weighted by molar-refractivity contribution is -0.669. The predicted molar refractivity (Wildman–Crippen MR) is 107 cm³/mol. The Kier molecular flexibility index (Phi) is 6.03. The quantitative estimate of drug-likeness (QED) is 0.256. The number of benzene rings is 2. The van der Waals surface area contributed by atoms with E-state index in [0.29, 0.717) is 0 Å². The molecule has 0 saturated carbocycles. The second kappa shape index (κ2) is 8.01. The van der Waals surface area contributed by atoms with Gasteiger partial charge in [-0.05, 0) is 42.8 Å². The Morgan fingerprint density at radius 3 is 2.38 bits per heavy atom. The van der Waals surface area contributed by atoms with Gasteiger partial charge in [-0.3, -0.25) is 10.1 Å². The normalized spacial score (nSPS) is 10.7. The first kappa shape index (κ1) is 18.1. The van der Waals surface area contributed by atoms with Crippen molar-refractivity contribution in [3.8, 4) is 0 Å². The maximum Gasteiger partial charge on any atom is 0.269 e. The van der Waals surface area contributed by atoms with Gasteiger partial charge in [0.05, 0.1) is 4.92 Å². The summed E-state index contributed by atoms with van der Waals surface area (Å²) in [4.78, 5) is 10.3. The van der Waals surface area contributed by atoms with Crippen LogP contribution in [0.3, 0.4) is 0 Å². The van der Waals surface area contributed by atoms with Gasteiger partial charge in [-0.1, -0.05) is 12.1 Å². The van der Waals surface area contributed by atoms with Gasteiger partial charge in [0, 0.05) is 35.7 Å². The minimum atomic E-state index is -0.387. The maximum absolute atomic E-state index is 10.7. The van der Waals surface area contributed by atoms with Gasteiger partial charge in [0.25, 0.3) is 5.69 Å². The van der Waals surface area contributed by atoms with Crippen LogP contribution in [0.2, 0.25) is 0 Å². The summed E-state index contributed by atoms with van der Waals surface area (Å²) in [5.74, 6) is 0. The van der Waals surface area contributed by atoms with Crippen molar-refractivity contribution in [3.05, 3.63) is 82.0 Å². The van der Waals surface area contributed by atoms with E-state index >= 15 is 0 Å². The Hall–Kier alpha value is -2.28. The number of aromatic nitrogens is 1. The van der Waals surface area contributed by atoms with Crippen LogP contribution in [0.1, 0.15) is 18.2 Å². The van der Waals surface area contributed by atoms with Crippen LogP contribution >= 0.6 is 24.0 Å². The maximum atomic E-state index is 10.7. The highest BCUT2D eigenvalue weighted by Gasteiger charge is 2.11. The zero-order chi connectivity index (χ0) is 16.2. The van der Waals surface area contributed by atoms with E-state index in [4.69, 9.17) is 0 Å². The summed E-state index contributed by atoms with van der Waals surface area (Å²) < 4.78 is 2.25. The number of non-ortho nitro benzene ring substituents is 1. The highest BCUT2D eigenvalue weighted by Crippen LogP contribution is 2.15. The molecule has 0 unspecified atom stereocenters. The fourth-order valence-corrected chi connectivity index (χ4v) is 2.67. The number of aryl methyl sites for hydroxylation is 1. The van der Waals surface area contributed by atoms with Crippen LogP contribution in [0.5, 0.6) is 0 Å². The molecule has 0 aliphatic carbocycles. The van der Waals surface area contributed by atoms with E-state index in [2.05, 4.69) is 35.8 Å². The van der Waals surface area contributed by atoms with E-state index in [1.54, 1.807) is 12.1 Å². The molecule has 24 heavy (non-hydrogen) atoms. The van der Waals surface area contributed by atoms with Gasteiger partial charge in [-0.25, -0.2) is 0 Å². The monoisotopic (exact) mass is 433 g/mol. The molecule has 0 bridgehead atoms. The molecular formula is C19H18IN2O2+. The Morgan fingerprint density at radius 1 is 1.00 bits per heavy atom. The summed E-state index contributed by atoms with van der Waals surface area (Å²) in [6.45, 7) is 3.00. The van der Waals surface area contributed by atoms with Crippen molar-refractivity contribution in [1.82, 2.24) is 0 Å². The molecule has 0 radical (unpaired) electrons. The van der Waals surface area contributed by atoms with Gasteiger partial charge in [0.2, 0.25) is 11.2 Å². The summed E-state index contributed by atoms with van der Waals surface area (Å²) in [6.07, 6.45) is 4.01. The van der Waals surface area contributed by atoms with Gasteiger partial charge < -0.3 is 0 Å². The van der Waals surface area contributed by atoms with Crippen LogP contribution in [0.15, 0.2) is 60.7 Å². The van der Waals surface area contributed by atoms with Crippen LogP contribution in [0.4, 0.5) is 5.69 Å². The highest BCUT2D eigenvalue weighted by atomic mass is 127. The van der Waals surface area contributed by atoms with Crippen molar-refractivity contribution in [2.24, 2.45) is 0 Å². The van der Waals surface area contributed by atoms with E-state index in [9.17, 15) is 10.1 Å². The number of hydrogen-bond donors (Lipinski definition) is 0. The van der Waals surface area contributed by atoms with Crippen molar-refractivity contribution in [2.75, 3.05) is 0 Å². The average molecular weight is 433 g/mol.